The van der Waals surface area contributed by atoms with Crippen molar-refractivity contribution in [2.24, 2.45) is 4.36 Å². The van der Waals surface area contributed by atoms with E-state index in [4.69, 9.17) is 8.92 Å². The summed E-state index contributed by atoms with van der Waals surface area (Å²) < 4.78 is 26.5. The smallest absolute Gasteiger partial charge is 0.260 e. The first-order valence-electron chi connectivity index (χ1n) is 11.4. The largest absolute Gasteiger partial charge is 0.483 e. The number of likely N-dealkylation sites (tertiary alicyclic amines) is 1. The van der Waals surface area contributed by atoms with Gasteiger partial charge < -0.3 is 14.7 Å². The third-order valence-corrected chi connectivity index (χ3v) is 6.82. The topological polar surface area (TPSA) is 105 Å². The highest BCUT2D eigenvalue weighted by atomic mass is 32.2. The third-order valence-electron chi connectivity index (χ3n) is 6.13. The van der Waals surface area contributed by atoms with Crippen molar-refractivity contribution in [3.8, 4) is 5.75 Å². The minimum atomic E-state index is -2.19. The van der Waals surface area contributed by atoms with E-state index in [1.165, 1.54) is 7.11 Å². The molecule has 2 heterocycles. The number of aromatic nitrogens is 1. The molecule has 0 spiro atoms. The van der Waals surface area contributed by atoms with Crippen molar-refractivity contribution >= 4 is 33.4 Å². The molecule has 4 rings (SSSR count). The Balaban J connectivity index is 1.51. The van der Waals surface area contributed by atoms with E-state index in [0.717, 1.165) is 18.5 Å². The average molecular weight is 499 g/mol. The Labute approximate surface area is 206 Å². The molecule has 2 unspecified atom stereocenters. The molecule has 1 aromatic heterocycles. The molecule has 1 fully saturated rings. The van der Waals surface area contributed by atoms with E-state index >= 15 is 0 Å². The van der Waals surface area contributed by atoms with Crippen molar-refractivity contribution < 1.29 is 23.0 Å². The Morgan fingerprint density at radius 2 is 2.06 bits per heavy atom. The number of β-amino-alcohol motifs (C(OH)–C–C–N with tert-alkyl or cyclic N) is 1. The maximum Gasteiger partial charge on any atom is 0.260 e. The van der Waals surface area contributed by atoms with Crippen LogP contribution in [0.3, 0.4) is 0 Å². The van der Waals surface area contributed by atoms with Gasteiger partial charge in [-0.05, 0) is 36.2 Å². The highest BCUT2D eigenvalue weighted by Gasteiger charge is 2.28. The van der Waals surface area contributed by atoms with Gasteiger partial charge in [-0.1, -0.05) is 30.3 Å². The minimum absolute atomic E-state index is 0.157. The molecular formula is C25H30N4O5S. The van der Waals surface area contributed by atoms with Gasteiger partial charge in [-0.3, -0.25) is 18.9 Å². The first-order chi connectivity index (χ1) is 17.0. The molecule has 186 valence electrons. The van der Waals surface area contributed by atoms with Gasteiger partial charge in [-0.25, -0.2) is 4.21 Å². The van der Waals surface area contributed by atoms with Crippen LogP contribution < -0.4 is 4.74 Å². The van der Waals surface area contributed by atoms with Crippen LogP contribution in [0.5, 0.6) is 5.75 Å². The van der Waals surface area contributed by atoms with Crippen LogP contribution >= 0.6 is 0 Å². The summed E-state index contributed by atoms with van der Waals surface area (Å²) in [4.78, 5) is 21.4. The summed E-state index contributed by atoms with van der Waals surface area (Å²) >= 11 is 0. The van der Waals surface area contributed by atoms with Crippen molar-refractivity contribution in [3.63, 3.8) is 0 Å². The molecule has 3 aromatic rings. The number of aliphatic hydroxyl groups is 1. The van der Waals surface area contributed by atoms with E-state index in [2.05, 4.69) is 14.2 Å². The van der Waals surface area contributed by atoms with Gasteiger partial charge in [0.25, 0.3) is 5.91 Å². The number of carbonyl (C=O) groups excluding carboxylic acids is 1. The molecule has 0 aliphatic carbocycles. The van der Waals surface area contributed by atoms with Crippen LogP contribution in [0.2, 0.25) is 0 Å². The van der Waals surface area contributed by atoms with Crippen LogP contribution in [0.1, 0.15) is 18.0 Å². The number of thiol groups is 1. The van der Waals surface area contributed by atoms with Gasteiger partial charge >= 0.3 is 0 Å². The zero-order valence-corrected chi connectivity index (χ0v) is 20.7. The second kappa shape index (κ2) is 11.6. The Bertz CT molecular complexity index is 1250. The number of hydrogen-bond donors (Lipinski definition) is 2. The Hall–Kier alpha value is -3.05. The fourth-order valence-corrected chi connectivity index (χ4v) is 4.65. The summed E-state index contributed by atoms with van der Waals surface area (Å²) in [7, 11) is 0.913. The number of hydrogen-bond acceptors (Lipinski definition) is 8. The normalized spacial score (nSPS) is 18.0. The zero-order chi connectivity index (χ0) is 24.8. The Kier molecular flexibility index (Phi) is 8.29. The molecule has 0 saturated carbocycles. The second-order valence-electron chi connectivity index (χ2n) is 8.42. The molecule has 1 saturated heterocycles. The van der Waals surface area contributed by atoms with Gasteiger partial charge in [0.2, 0.25) is 0 Å². The predicted octanol–water partition coefficient (Wildman–Crippen LogP) is 2.74. The van der Waals surface area contributed by atoms with Gasteiger partial charge in [0.05, 0.1) is 19.3 Å². The monoisotopic (exact) mass is 498 g/mol. The fraction of sp³-hybridized carbons (Fsp3) is 0.360. The van der Waals surface area contributed by atoms with Crippen LogP contribution in [-0.4, -0.2) is 76.5 Å². The summed E-state index contributed by atoms with van der Waals surface area (Å²) in [5.41, 5.74) is 1.97. The lowest BCUT2D eigenvalue weighted by Gasteiger charge is -2.32. The predicted molar refractivity (Wildman–Crippen MR) is 135 cm³/mol. The van der Waals surface area contributed by atoms with E-state index in [1.807, 2.05) is 36.4 Å². The summed E-state index contributed by atoms with van der Waals surface area (Å²) in [5.74, 6) is 0.312. The highest BCUT2D eigenvalue weighted by Crippen LogP contribution is 2.32. The number of likely N-dealkylation sites (N-methyl/N-ethyl adjacent to an activating group) is 1. The SMILES string of the molecule is CO[SH](=O)=Nc1ccc(OCC(=O)N(C)C(CN2CC[C@H](O)C2)c2ccccc2)c2cccnc12. The first-order valence-corrected chi connectivity index (χ1v) is 12.5. The number of pyridine rings is 1. The Morgan fingerprint density at radius 3 is 2.77 bits per heavy atom. The van der Waals surface area contributed by atoms with Crippen molar-refractivity contribution in [1.29, 1.82) is 0 Å². The molecule has 2 aromatic carbocycles. The molecule has 0 radical (unpaired) electrons. The first kappa shape index (κ1) is 25.1. The number of nitrogens with zero attached hydrogens (tertiary/aromatic N) is 4. The minimum Gasteiger partial charge on any atom is -0.483 e. The van der Waals surface area contributed by atoms with Crippen molar-refractivity contribution in [2.75, 3.05) is 40.4 Å². The van der Waals surface area contributed by atoms with E-state index in [0.29, 0.717) is 35.4 Å². The second-order valence-corrected chi connectivity index (χ2v) is 9.47. The van der Waals surface area contributed by atoms with Crippen LogP contribution in [0.25, 0.3) is 10.9 Å². The number of ether oxygens (including phenoxy) is 1. The van der Waals surface area contributed by atoms with Gasteiger partial charge in [0.15, 0.2) is 17.5 Å². The number of amides is 1. The summed E-state index contributed by atoms with van der Waals surface area (Å²) in [6.45, 7) is 1.88. The molecule has 9 nitrogen and oxygen atoms in total. The number of benzene rings is 2. The quantitative estimate of drug-likeness (QED) is 0.437. The van der Waals surface area contributed by atoms with Gasteiger partial charge in [0, 0.05) is 38.3 Å². The number of carbonyl (C=O) groups is 1. The van der Waals surface area contributed by atoms with Crippen molar-refractivity contribution in [2.45, 2.75) is 18.6 Å². The van der Waals surface area contributed by atoms with Crippen molar-refractivity contribution in [3.05, 3.63) is 66.4 Å². The molecule has 35 heavy (non-hydrogen) atoms. The molecular weight excluding hydrogens is 468 g/mol. The van der Waals surface area contributed by atoms with Gasteiger partial charge in [-0.15, -0.1) is 0 Å². The molecule has 1 aliphatic heterocycles. The zero-order valence-electron chi connectivity index (χ0n) is 19.8. The van der Waals surface area contributed by atoms with Crippen LogP contribution in [0.4, 0.5) is 5.69 Å². The molecule has 3 atom stereocenters. The lowest BCUT2D eigenvalue weighted by atomic mass is 10.0. The standard InChI is InChI=1S/C25H30N4O5S/c1-28(22(18-7-4-3-5-8-18)16-29-14-12-19(30)15-29)24(31)17-34-23-11-10-21(27-35(32)33-2)25-20(23)9-6-13-26-25/h3-11,13,19,22,30,35H,12,14-17H2,1-2H3/t19-,22?/m0/s1. The highest BCUT2D eigenvalue weighted by molar-refractivity contribution is 7.69. The van der Waals surface area contributed by atoms with Gasteiger partial charge in [0.1, 0.15) is 17.0 Å². The van der Waals surface area contributed by atoms with E-state index in [-0.39, 0.29) is 24.7 Å². The van der Waals surface area contributed by atoms with Crippen LogP contribution in [-0.2, 0) is 19.9 Å². The van der Waals surface area contributed by atoms with E-state index in [1.54, 1.807) is 36.3 Å². The summed E-state index contributed by atoms with van der Waals surface area (Å²) in [5, 5.41) is 10.6. The summed E-state index contributed by atoms with van der Waals surface area (Å²) in [6.07, 6.45) is 2.03. The molecule has 1 aliphatic rings. The lowest BCUT2D eigenvalue weighted by Crippen LogP contribution is -2.40. The van der Waals surface area contributed by atoms with Crippen LogP contribution in [0.15, 0.2) is 65.2 Å². The fourth-order valence-electron chi connectivity index (χ4n) is 4.23. The maximum absolute atomic E-state index is 13.2. The van der Waals surface area contributed by atoms with E-state index in [9.17, 15) is 14.1 Å². The molecule has 1 amide bonds. The lowest BCUT2D eigenvalue weighted by molar-refractivity contribution is -0.134. The third kappa shape index (κ3) is 6.15. The number of aliphatic hydroxyl groups excluding tert-OH is 1. The Morgan fingerprint density at radius 1 is 1.26 bits per heavy atom. The molecule has 1 N–H and O–H groups in total. The number of rotatable bonds is 9. The van der Waals surface area contributed by atoms with Crippen LogP contribution in [0, 0.1) is 0 Å². The average Bonchev–Trinajstić information content (AvgIpc) is 3.31. The van der Waals surface area contributed by atoms with Gasteiger partial charge in [-0.2, -0.15) is 4.36 Å². The van der Waals surface area contributed by atoms with Crippen molar-refractivity contribution in [1.82, 2.24) is 14.8 Å². The molecule has 0 bridgehead atoms. The number of fused-ring (bicyclic) bond motifs is 1. The maximum atomic E-state index is 13.2. The summed E-state index contributed by atoms with van der Waals surface area (Å²) in [6, 6.07) is 16.6. The molecule has 10 heteroatoms. The van der Waals surface area contributed by atoms with E-state index < -0.39 is 10.9 Å².